The Hall–Kier alpha value is -1.73. The van der Waals surface area contributed by atoms with Crippen LogP contribution in [-0.2, 0) is 0 Å². The Kier molecular flexibility index (Phi) is 3.95. The van der Waals surface area contributed by atoms with E-state index in [9.17, 15) is 0 Å². The maximum atomic E-state index is 8.89. The van der Waals surface area contributed by atoms with Crippen molar-refractivity contribution in [3.63, 3.8) is 0 Å². The van der Waals surface area contributed by atoms with Crippen molar-refractivity contribution in [1.29, 1.82) is 5.26 Å². The summed E-state index contributed by atoms with van der Waals surface area (Å²) in [5, 5.41) is 17.6. The molecule has 0 amide bonds. The number of nitriles is 1. The van der Waals surface area contributed by atoms with E-state index < -0.39 is 0 Å². The van der Waals surface area contributed by atoms with E-state index in [1.807, 2.05) is 24.0 Å². The SMILES string of the molecule is CCN(CCO)c1ccc(C#N)cc1N. The number of anilines is 2. The molecule has 0 unspecified atom stereocenters. The van der Waals surface area contributed by atoms with Crippen LogP contribution in [0.4, 0.5) is 11.4 Å². The molecule has 80 valence electrons. The predicted molar refractivity (Wildman–Crippen MR) is 60.5 cm³/mol. The molecule has 0 bridgehead atoms. The largest absolute Gasteiger partial charge is 0.397 e. The Morgan fingerprint density at radius 3 is 2.73 bits per heavy atom. The summed E-state index contributed by atoms with van der Waals surface area (Å²) in [5.41, 5.74) is 7.82. The van der Waals surface area contributed by atoms with E-state index in [0.717, 1.165) is 12.2 Å². The van der Waals surface area contributed by atoms with Crippen LogP contribution < -0.4 is 10.6 Å². The number of benzene rings is 1. The summed E-state index contributed by atoms with van der Waals surface area (Å²) in [4.78, 5) is 1.97. The minimum Gasteiger partial charge on any atom is -0.397 e. The van der Waals surface area contributed by atoms with Gasteiger partial charge in [-0.15, -0.1) is 0 Å². The van der Waals surface area contributed by atoms with Gasteiger partial charge < -0.3 is 15.7 Å². The molecule has 0 spiro atoms. The first kappa shape index (κ1) is 11.3. The molecule has 0 aliphatic heterocycles. The second-order valence-electron chi connectivity index (χ2n) is 3.19. The van der Waals surface area contributed by atoms with Gasteiger partial charge in [0.1, 0.15) is 0 Å². The predicted octanol–water partition coefficient (Wildman–Crippen LogP) is 0.959. The van der Waals surface area contributed by atoms with Gasteiger partial charge in [0.2, 0.25) is 0 Å². The lowest BCUT2D eigenvalue weighted by molar-refractivity contribution is 0.302. The quantitative estimate of drug-likeness (QED) is 0.718. The zero-order chi connectivity index (χ0) is 11.3. The van der Waals surface area contributed by atoms with Crippen molar-refractivity contribution in [3.8, 4) is 6.07 Å². The highest BCUT2D eigenvalue weighted by molar-refractivity contribution is 5.69. The summed E-state index contributed by atoms with van der Waals surface area (Å²) >= 11 is 0. The van der Waals surface area contributed by atoms with Crippen LogP contribution in [0, 0.1) is 11.3 Å². The number of aliphatic hydroxyl groups is 1. The van der Waals surface area contributed by atoms with Crippen molar-refractivity contribution < 1.29 is 5.11 Å². The van der Waals surface area contributed by atoms with E-state index >= 15 is 0 Å². The number of aliphatic hydroxyl groups excluding tert-OH is 1. The van der Waals surface area contributed by atoms with Crippen molar-refractivity contribution in [2.24, 2.45) is 0 Å². The summed E-state index contributed by atoms with van der Waals surface area (Å²) in [6.45, 7) is 3.41. The van der Waals surface area contributed by atoms with Gasteiger partial charge in [-0.2, -0.15) is 5.26 Å². The van der Waals surface area contributed by atoms with Gasteiger partial charge in [-0.1, -0.05) is 0 Å². The van der Waals surface area contributed by atoms with Crippen LogP contribution in [0.15, 0.2) is 18.2 Å². The van der Waals surface area contributed by atoms with E-state index in [1.54, 1.807) is 12.1 Å². The molecule has 0 aliphatic carbocycles. The van der Waals surface area contributed by atoms with E-state index in [2.05, 4.69) is 0 Å². The van der Waals surface area contributed by atoms with Crippen molar-refractivity contribution in [1.82, 2.24) is 0 Å². The first-order valence-corrected chi connectivity index (χ1v) is 4.88. The molecule has 0 saturated heterocycles. The fraction of sp³-hybridized carbons (Fsp3) is 0.364. The molecule has 0 saturated carbocycles. The zero-order valence-electron chi connectivity index (χ0n) is 8.77. The van der Waals surface area contributed by atoms with Gasteiger partial charge in [0.05, 0.1) is 29.6 Å². The van der Waals surface area contributed by atoms with Crippen LogP contribution in [-0.4, -0.2) is 24.8 Å². The second kappa shape index (κ2) is 5.23. The minimum absolute atomic E-state index is 0.0906. The van der Waals surface area contributed by atoms with Gasteiger partial charge in [-0.05, 0) is 25.1 Å². The number of rotatable bonds is 4. The van der Waals surface area contributed by atoms with Crippen LogP contribution in [0.1, 0.15) is 12.5 Å². The topological polar surface area (TPSA) is 73.3 Å². The molecule has 0 fully saturated rings. The highest BCUT2D eigenvalue weighted by Crippen LogP contribution is 2.23. The van der Waals surface area contributed by atoms with E-state index in [-0.39, 0.29) is 6.61 Å². The Balaban J connectivity index is 2.98. The van der Waals surface area contributed by atoms with Gasteiger partial charge >= 0.3 is 0 Å². The fourth-order valence-corrected chi connectivity index (χ4v) is 1.48. The first-order chi connectivity index (χ1) is 7.22. The summed E-state index contributed by atoms with van der Waals surface area (Å²) in [7, 11) is 0. The number of hydrogen-bond donors (Lipinski definition) is 2. The zero-order valence-corrected chi connectivity index (χ0v) is 8.77. The highest BCUT2D eigenvalue weighted by atomic mass is 16.3. The summed E-state index contributed by atoms with van der Waals surface area (Å²) < 4.78 is 0. The molecule has 1 aromatic rings. The Labute approximate surface area is 89.5 Å². The lowest BCUT2D eigenvalue weighted by atomic mass is 10.1. The molecule has 0 radical (unpaired) electrons. The molecular formula is C11H15N3O. The summed E-state index contributed by atoms with van der Waals surface area (Å²) in [6, 6.07) is 7.22. The smallest absolute Gasteiger partial charge is 0.0992 e. The van der Waals surface area contributed by atoms with Crippen LogP contribution in [0.2, 0.25) is 0 Å². The van der Waals surface area contributed by atoms with E-state index in [1.165, 1.54) is 0 Å². The third kappa shape index (κ3) is 2.61. The molecule has 0 atom stereocenters. The average Bonchev–Trinajstić information content (AvgIpc) is 2.26. The lowest BCUT2D eigenvalue weighted by Crippen LogP contribution is -2.26. The Morgan fingerprint density at radius 2 is 2.27 bits per heavy atom. The number of nitrogens with two attached hydrogens (primary N) is 1. The van der Waals surface area contributed by atoms with Gasteiger partial charge in [-0.3, -0.25) is 0 Å². The van der Waals surface area contributed by atoms with Crippen LogP contribution >= 0.6 is 0 Å². The summed E-state index contributed by atoms with van der Waals surface area (Å²) in [5.74, 6) is 0. The van der Waals surface area contributed by atoms with Crippen LogP contribution in [0.5, 0.6) is 0 Å². The maximum absolute atomic E-state index is 8.89. The number of likely N-dealkylation sites (N-methyl/N-ethyl adjacent to an activating group) is 1. The van der Waals surface area contributed by atoms with Crippen LogP contribution in [0.3, 0.4) is 0 Å². The van der Waals surface area contributed by atoms with Crippen LogP contribution in [0.25, 0.3) is 0 Å². The molecule has 1 aromatic carbocycles. The molecule has 15 heavy (non-hydrogen) atoms. The van der Waals surface area contributed by atoms with Crippen molar-refractivity contribution in [2.75, 3.05) is 30.3 Å². The number of nitrogens with zero attached hydrogens (tertiary/aromatic N) is 2. The third-order valence-electron chi connectivity index (χ3n) is 2.25. The second-order valence-corrected chi connectivity index (χ2v) is 3.19. The molecule has 0 heterocycles. The van der Waals surface area contributed by atoms with Gasteiger partial charge in [0.25, 0.3) is 0 Å². The van der Waals surface area contributed by atoms with Gasteiger partial charge in [0, 0.05) is 13.1 Å². The standard InChI is InChI=1S/C11H15N3O/c1-2-14(5-6-15)11-4-3-9(8-12)7-10(11)13/h3-4,7,15H,2,5-6,13H2,1H3. The average molecular weight is 205 g/mol. The van der Waals surface area contributed by atoms with Crippen molar-refractivity contribution in [3.05, 3.63) is 23.8 Å². The molecule has 3 N–H and O–H groups in total. The Morgan fingerprint density at radius 1 is 1.53 bits per heavy atom. The van der Waals surface area contributed by atoms with E-state index in [4.69, 9.17) is 16.1 Å². The molecular weight excluding hydrogens is 190 g/mol. The van der Waals surface area contributed by atoms with Gasteiger partial charge in [0.15, 0.2) is 0 Å². The minimum atomic E-state index is 0.0906. The molecule has 4 heteroatoms. The lowest BCUT2D eigenvalue weighted by Gasteiger charge is -2.23. The Bertz CT molecular complexity index is 371. The maximum Gasteiger partial charge on any atom is 0.0992 e. The molecule has 4 nitrogen and oxygen atoms in total. The molecule has 0 aromatic heterocycles. The van der Waals surface area contributed by atoms with Gasteiger partial charge in [-0.25, -0.2) is 0 Å². The third-order valence-corrected chi connectivity index (χ3v) is 2.25. The monoisotopic (exact) mass is 205 g/mol. The first-order valence-electron chi connectivity index (χ1n) is 4.88. The van der Waals surface area contributed by atoms with Crippen molar-refractivity contribution in [2.45, 2.75) is 6.92 Å². The summed E-state index contributed by atoms with van der Waals surface area (Å²) in [6.07, 6.45) is 0. The number of hydrogen-bond acceptors (Lipinski definition) is 4. The fourth-order valence-electron chi connectivity index (χ4n) is 1.48. The normalized spacial score (nSPS) is 9.67. The molecule has 0 aliphatic rings. The van der Waals surface area contributed by atoms with E-state index in [0.29, 0.717) is 17.8 Å². The molecule has 1 rings (SSSR count). The van der Waals surface area contributed by atoms with Crippen molar-refractivity contribution >= 4 is 11.4 Å². The number of nitrogen functional groups attached to an aromatic ring is 1. The highest BCUT2D eigenvalue weighted by Gasteiger charge is 2.07.